The summed E-state index contributed by atoms with van der Waals surface area (Å²) < 4.78 is 28.4. The van der Waals surface area contributed by atoms with Crippen molar-refractivity contribution in [3.8, 4) is 0 Å². The van der Waals surface area contributed by atoms with Gasteiger partial charge in [0.25, 0.3) is 6.43 Å². The predicted molar refractivity (Wildman–Crippen MR) is 65.6 cm³/mol. The van der Waals surface area contributed by atoms with Crippen LogP contribution in [0.2, 0.25) is 0 Å². The van der Waals surface area contributed by atoms with Gasteiger partial charge < -0.3 is 14.8 Å². The van der Waals surface area contributed by atoms with Gasteiger partial charge in [-0.15, -0.1) is 0 Å². The average Bonchev–Trinajstić information content (AvgIpc) is 2.42. The first-order chi connectivity index (χ1) is 9.08. The summed E-state index contributed by atoms with van der Waals surface area (Å²) in [5.41, 5.74) is 0.723. The van der Waals surface area contributed by atoms with E-state index < -0.39 is 13.0 Å². The largest absolute Gasteiger partial charge is 0.411 e. The predicted octanol–water partition coefficient (Wildman–Crippen LogP) is 1.75. The summed E-state index contributed by atoms with van der Waals surface area (Å²) in [6.45, 7) is 2.37. The van der Waals surface area contributed by atoms with Gasteiger partial charge in [-0.2, -0.15) is 0 Å². The maximum Gasteiger partial charge on any atom is 0.261 e. The summed E-state index contributed by atoms with van der Waals surface area (Å²) in [5.74, 6) is -0.0330. The zero-order chi connectivity index (χ0) is 14.3. The van der Waals surface area contributed by atoms with Crippen molar-refractivity contribution in [2.24, 2.45) is 11.1 Å². The lowest BCUT2D eigenvalue weighted by Crippen LogP contribution is -2.44. The first-order valence-electron chi connectivity index (χ1n) is 6.43. The van der Waals surface area contributed by atoms with Crippen molar-refractivity contribution in [1.82, 2.24) is 4.90 Å². The van der Waals surface area contributed by atoms with E-state index in [2.05, 4.69) is 5.16 Å². The Bertz CT molecular complexity index is 324. The lowest BCUT2D eigenvalue weighted by molar-refractivity contribution is -0.133. The number of halogens is 2. The standard InChI is InChI=1S/C12H20F2N2O3/c1-2-9-7-16(5-3-10(9)15-18)12(17)4-6-19-8-11(13)14/h9,11,18H,2-8H2,1H3. The zero-order valence-electron chi connectivity index (χ0n) is 11.0. The third-order valence-corrected chi connectivity index (χ3v) is 3.23. The molecular weight excluding hydrogens is 258 g/mol. The number of alkyl halides is 2. The van der Waals surface area contributed by atoms with Crippen LogP contribution in [0.3, 0.4) is 0 Å². The van der Waals surface area contributed by atoms with Crippen molar-refractivity contribution >= 4 is 11.6 Å². The summed E-state index contributed by atoms with van der Waals surface area (Å²) in [7, 11) is 0. The Labute approximate surface area is 111 Å². The highest BCUT2D eigenvalue weighted by Gasteiger charge is 2.27. The van der Waals surface area contributed by atoms with Gasteiger partial charge in [0.15, 0.2) is 0 Å². The molecule has 1 saturated heterocycles. The minimum absolute atomic E-state index is 0.0113. The topological polar surface area (TPSA) is 62.1 Å². The number of rotatable bonds is 6. The van der Waals surface area contributed by atoms with E-state index in [-0.39, 0.29) is 24.9 Å². The molecule has 0 aromatic rings. The average molecular weight is 278 g/mol. The highest BCUT2D eigenvalue weighted by atomic mass is 19.3. The number of carbonyl (C=O) groups is 1. The number of piperidine rings is 1. The molecule has 1 heterocycles. The van der Waals surface area contributed by atoms with E-state index in [1.54, 1.807) is 4.90 Å². The normalized spacial score (nSPS) is 22.2. The molecule has 1 fully saturated rings. The van der Waals surface area contributed by atoms with Crippen LogP contribution in [0.25, 0.3) is 0 Å². The molecule has 0 spiro atoms. The van der Waals surface area contributed by atoms with E-state index >= 15 is 0 Å². The molecule has 110 valence electrons. The highest BCUT2D eigenvalue weighted by molar-refractivity contribution is 5.89. The van der Waals surface area contributed by atoms with Gasteiger partial charge in [-0.1, -0.05) is 12.1 Å². The number of likely N-dealkylation sites (tertiary alicyclic amines) is 1. The monoisotopic (exact) mass is 278 g/mol. The molecule has 1 amide bonds. The SMILES string of the molecule is CCC1CN(C(=O)CCOCC(F)F)CCC1=NO. The molecule has 1 aliphatic rings. The first kappa shape index (κ1) is 15.8. The molecule has 0 aliphatic carbocycles. The zero-order valence-corrected chi connectivity index (χ0v) is 11.0. The second kappa shape index (κ2) is 8.04. The van der Waals surface area contributed by atoms with E-state index in [1.165, 1.54) is 0 Å². The Morgan fingerprint density at radius 1 is 1.63 bits per heavy atom. The number of hydrogen-bond acceptors (Lipinski definition) is 4. The Hall–Kier alpha value is -1.24. The molecule has 19 heavy (non-hydrogen) atoms. The molecule has 7 heteroatoms. The van der Waals surface area contributed by atoms with Crippen LogP contribution in [0.4, 0.5) is 8.78 Å². The van der Waals surface area contributed by atoms with Crippen molar-refractivity contribution in [3.63, 3.8) is 0 Å². The third-order valence-electron chi connectivity index (χ3n) is 3.23. The Kier molecular flexibility index (Phi) is 6.69. The van der Waals surface area contributed by atoms with E-state index in [0.717, 1.165) is 12.1 Å². The van der Waals surface area contributed by atoms with E-state index in [1.807, 2.05) is 6.92 Å². The molecule has 5 nitrogen and oxygen atoms in total. The fourth-order valence-electron chi connectivity index (χ4n) is 2.13. The van der Waals surface area contributed by atoms with Gasteiger partial charge in [0.2, 0.25) is 5.91 Å². The number of carbonyl (C=O) groups excluding carboxylic acids is 1. The highest BCUT2D eigenvalue weighted by Crippen LogP contribution is 2.18. The number of nitrogens with zero attached hydrogens (tertiary/aromatic N) is 2. The van der Waals surface area contributed by atoms with Crippen molar-refractivity contribution in [2.75, 3.05) is 26.3 Å². The van der Waals surface area contributed by atoms with Crippen LogP contribution in [-0.2, 0) is 9.53 Å². The summed E-state index contributed by atoms with van der Waals surface area (Å²) in [5, 5.41) is 12.1. The minimum Gasteiger partial charge on any atom is -0.411 e. The second-order valence-corrected chi connectivity index (χ2v) is 4.50. The molecular formula is C12H20F2N2O3. The Morgan fingerprint density at radius 3 is 2.95 bits per heavy atom. The molecule has 1 unspecified atom stereocenters. The van der Waals surface area contributed by atoms with E-state index in [0.29, 0.717) is 19.5 Å². The Morgan fingerprint density at radius 2 is 2.37 bits per heavy atom. The quantitative estimate of drug-likeness (QED) is 0.457. The van der Waals surface area contributed by atoms with E-state index in [4.69, 9.17) is 9.94 Å². The molecule has 0 aromatic carbocycles. The van der Waals surface area contributed by atoms with Gasteiger partial charge in [0, 0.05) is 25.4 Å². The van der Waals surface area contributed by atoms with Crippen molar-refractivity contribution in [3.05, 3.63) is 0 Å². The minimum atomic E-state index is -2.50. The lowest BCUT2D eigenvalue weighted by Gasteiger charge is -2.32. The lowest BCUT2D eigenvalue weighted by atomic mass is 9.93. The van der Waals surface area contributed by atoms with Crippen molar-refractivity contribution in [2.45, 2.75) is 32.6 Å². The molecule has 0 saturated carbocycles. The maximum absolute atomic E-state index is 11.9. The van der Waals surface area contributed by atoms with Crippen LogP contribution in [0.1, 0.15) is 26.2 Å². The van der Waals surface area contributed by atoms with Crippen LogP contribution in [-0.4, -0.2) is 54.5 Å². The van der Waals surface area contributed by atoms with Crippen LogP contribution >= 0.6 is 0 Å². The van der Waals surface area contributed by atoms with Gasteiger partial charge in [-0.3, -0.25) is 4.79 Å². The van der Waals surface area contributed by atoms with E-state index in [9.17, 15) is 13.6 Å². The van der Waals surface area contributed by atoms with Crippen molar-refractivity contribution < 1.29 is 23.5 Å². The number of oxime groups is 1. The third kappa shape index (κ3) is 5.10. The fourth-order valence-corrected chi connectivity index (χ4v) is 2.13. The number of hydrogen-bond donors (Lipinski definition) is 1. The summed E-state index contributed by atoms with van der Waals surface area (Å²) in [4.78, 5) is 13.5. The molecule has 1 rings (SSSR count). The van der Waals surface area contributed by atoms with Gasteiger partial charge in [0.05, 0.1) is 18.7 Å². The summed E-state index contributed by atoms with van der Waals surface area (Å²) >= 11 is 0. The van der Waals surface area contributed by atoms with Gasteiger partial charge in [-0.25, -0.2) is 8.78 Å². The smallest absolute Gasteiger partial charge is 0.261 e. The van der Waals surface area contributed by atoms with Crippen LogP contribution in [0, 0.1) is 5.92 Å². The van der Waals surface area contributed by atoms with Crippen molar-refractivity contribution in [1.29, 1.82) is 0 Å². The van der Waals surface area contributed by atoms with Crippen LogP contribution in [0.15, 0.2) is 5.16 Å². The number of amides is 1. The van der Waals surface area contributed by atoms with Gasteiger partial charge >= 0.3 is 0 Å². The molecule has 1 N–H and O–H groups in total. The fraction of sp³-hybridized carbons (Fsp3) is 0.833. The molecule has 1 atom stereocenters. The molecule has 1 aliphatic heterocycles. The summed E-state index contributed by atoms with van der Waals surface area (Å²) in [6.07, 6.45) is -1.05. The molecule has 0 bridgehead atoms. The maximum atomic E-state index is 11.9. The summed E-state index contributed by atoms with van der Waals surface area (Å²) in [6, 6.07) is 0. The van der Waals surface area contributed by atoms with Crippen LogP contribution < -0.4 is 0 Å². The molecule has 0 aromatic heterocycles. The number of ether oxygens (including phenoxy) is 1. The molecule has 0 radical (unpaired) electrons. The van der Waals surface area contributed by atoms with Gasteiger partial charge in [-0.05, 0) is 6.42 Å². The second-order valence-electron chi connectivity index (χ2n) is 4.50. The Balaban J connectivity index is 2.33. The first-order valence-corrected chi connectivity index (χ1v) is 6.43. The van der Waals surface area contributed by atoms with Crippen LogP contribution in [0.5, 0.6) is 0 Å². The van der Waals surface area contributed by atoms with Gasteiger partial charge in [0.1, 0.15) is 6.61 Å².